The lowest BCUT2D eigenvalue weighted by atomic mass is 10.0. The maximum absolute atomic E-state index is 5.96. The van der Waals surface area contributed by atoms with E-state index in [1.165, 1.54) is 6.42 Å². The van der Waals surface area contributed by atoms with E-state index in [0.717, 1.165) is 37.4 Å². The van der Waals surface area contributed by atoms with Crippen molar-refractivity contribution in [1.82, 2.24) is 9.97 Å². The molecule has 0 radical (unpaired) electrons. The molecule has 2 rings (SSSR count). The molecule has 2 N–H and O–H groups in total. The van der Waals surface area contributed by atoms with Crippen LogP contribution in [0.1, 0.15) is 32.4 Å². The number of hydrogen-bond donors (Lipinski definition) is 1. The molecule has 0 aromatic carbocycles. The van der Waals surface area contributed by atoms with E-state index in [0.29, 0.717) is 5.92 Å². The summed E-state index contributed by atoms with van der Waals surface area (Å²) in [5.74, 6) is 1.66. The van der Waals surface area contributed by atoms with Crippen molar-refractivity contribution in [3.8, 4) is 0 Å². The maximum atomic E-state index is 5.96. The summed E-state index contributed by atoms with van der Waals surface area (Å²) in [6, 6.07) is 2.39. The van der Waals surface area contributed by atoms with Gasteiger partial charge in [0.2, 0.25) is 0 Å². The molecule has 1 fully saturated rings. The van der Waals surface area contributed by atoms with E-state index in [9.17, 15) is 0 Å². The van der Waals surface area contributed by atoms with Gasteiger partial charge in [-0.3, -0.25) is 0 Å². The minimum Gasteiger partial charge on any atom is -0.356 e. The van der Waals surface area contributed by atoms with Crippen LogP contribution in [0.15, 0.2) is 12.4 Å². The zero-order chi connectivity index (χ0) is 12.3. The fourth-order valence-corrected chi connectivity index (χ4v) is 2.38. The van der Waals surface area contributed by atoms with Gasteiger partial charge in [0, 0.05) is 30.9 Å². The molecule has 0 spiro atoms. The number of aromatic nitrogens is 2. The average Bonchev–Trinajstić information content (AvgIpc) is 2.79. The monoisotopic (exact) mass is 234 g/mol. The molecule has 0 bridgehead atoms. The van der Waals surface area contributed by atoms with Gasteiger partial charge >= 0.3 is 0 Å². The highest BCUT2D eigenvalue weighted by Crippen LogP contribution is 2.23. The first kappa shape index (κ1) is 12.3. The van der Waals surface area contributed by atoms with Crippen molar-refractivity contribution < 1.29 is 0 Å². The van der Waals surface area contributed by atoms with E-state index >= 15 is 0 Å². The second-order valence-corrected chi connectivity index (χ2v) is 4.97. The zero-order valence-electron chi connectivity index (χ0n) is 10.8. The maximum Gasteiger partial charge on any atom is 0.132 e. The fourth-order valence-electron chi connectivity index (χ4n) is 2.38. The second-order valence-electron chi connectivity index (χ2n) is 4.97. The van der Waals surface area contributed by atoms with Gasteiger partial charge in [-0.05, 0) is 25.7 Å². The Kier molecular flexibility index (Phi) is 3.94. The van der Waals surface area contributed by atoms with Crippen LogP contribution in [0.2, 0.25) is 0 Å². The third kappa shape index (κ3) is 2.94. The highest BCUT2D eigenvalue weighted by molar-refractivity contribution is 5.40. The molecule has 94 valence electrons. The van der Waals surface area contributed by atoms with Gasteiger partial charge in [-0.1, -0.05) is 13.3 Å². The van der Waals surface area contributed by atoms with Crippen molar-refractivity contribution >= 4 is 5.82 Å². The predicted octanol–water partition coefficient (Wildman–Crippen LogP) is 1.60. The Morgan fingerprint density at radius 1 is 1.53 bits per heavy atom. The molecule has 1 aliphatic rings. The molecule has 1 saturated heterocycles. The molecular weight excluding hydrogens is 212 g/mol. The lowest BCUT2D eigenvalue weighted by Crippen LogP contribution is -2.30. The first-order chi connectivity index (χ1) is 8.20. The van der Waals surface area contributed by atoms with E-state index in [1.807, 2.05) is 0 Å². The van der Waals surface area contributed by atoms with E-state index in [1.54, 1.807) is 6.33 Å². The number of aryl methyl sites for hydroxylation is 1. The summed E-state index contributed by atoms with van der Waals surface area (Å²) in [7, 11) is 0. The van der Waals surface area contributed by atoms with Crippen LogP contribution in [-0.4, -0.2) is 29.1 Å². The van der Waals surface area contributed by atoms with Crippen molar-refractivity contribution in [2.24, 2.45) is 11.7 Å². The Morgan fingerprint density at radius 3 is 3.00 bits per heavy atom. The van der Waals surface area contributed by atoms with Crippen molar-refractivity contribution in [1.29, 1.82) is 0 Å². The van der Waals surface area contributed by atoms with Crippen LogP contribution in [-0.2, 0) is 6.42 Å². The van der Waals surface area contributed by atoms with Crippen molar-refractivity contribution in [3.05, 3.63) is 18.1 Å². The summed E-state index contributed by atoms with van der Waals surface area (Å²) in [4.78, 5) is 11.0. The molecular formula is C13H22N4. The molecule has 2 unspecified atom stereocenters. The first-order valence-corrected chi connectivity index (χ1v) is 6.52. The van der Waals surface area contributed by atoms with Gasteiger partial charge in [-0.2, -0.15) is 0 Å². The number of rotatable bonds is 4. The molecule has 1 aliphatic heterocycles. The summed E-state index contributed by atoms with van der Waals surface area (Å²) in [6.45, 7) is 6.36. The minimum absolute atomic E-state index is 0.275. The van der Waals surface area contributed by atoms with Crippen molar-refractivity contribution in [2.75, 3.05) is 18.0 Å². The molecule has 2 atom stereocenters. The third-order valence-electron chi connectivity index (χ3n) is 3.51. The van der Waals surface area contributed by atoms with Gasteiger partial charge in [0.1, 0.15) is 12.1 Å². The first-order valence-electron chi connectivity index (χ1n) is 6.52. The van der Waals surface area contributed by atoms with Crippen LogP contribution >= 0.6 is 0 Å². The van der Waals surface area contributed by atoms with Crippen LogP contribution in [0.4, 0.5) is 5.82 Å². The largest absolute Gasteiger partial charge is 0.356 e. The van der Waals surface area contributed by atoms with Crippen molar-refractivity contribution in [3.63, 3.8) is 0 Å². The SMILES string of the molecule is CCCc1cc(N2CCC(C(C)N)C2)ncn1. The highest BCUT2D eigenvalue weighted by atomic mass is 15.2. The van der Waals surface area contributed by atoms with Crippen LogP contribution in [0.5, 0.6) is 0 Å². The lowest BCUT2D eigenvalue weighted by Gasteiger charge is -2.19. The molecule has 2 heterocycles. The smallest absolute Gasteiger partial charge is 0.132 e. The Morgan fingerprint density at radius 2 is 2.35 bits per heavy atom. The summed E-state index contributed by atoms with van der Waals surface area (Å²) >= 11 is 0. The summed E-state index contributed by atoms with van der Waals surface area (Å²) in [5, 5.41) is 0. The molecule has 0 saturated carbocycles. The molecule has 1 aromatic heterocycles. The van der Waals surface area contributed by atoms with Gasteiger partial charge in [0.15, 0.2) is 0 Å². The average molecular weight is 234 g/mol. The molecule has 1 aromatic rings. The summed E-state index contributed by atoms with van der Waals surface area (Å²) < 4.78 is 0. The highest BCUT2D eigenvalue weighted by Gasteiger charge is 2.26. The van der Waals surface area contributed by atoms with Gasteiger partial charge in [0.05, 0.1) is 0 Å². The quantitative estimate of drug-likeness (QED) is 0.860. The van der Waals surface area contributed by atoms with Crippen LogP contribution in [0.3, 0.4) is 0 Å². The Labute approximate surface area is 103 Å². The van der Waals surface area contributed by atoms with E-state index in [4.69, 9.17) is 5.73 Å². The van der Waals surface area contributed by atoms with Crippen molar-refractivity contribution in [2.45, 2.75) is 39.2 Å². The molecule has 4 nitrogen and oxygen atoms in total. The molecule has 0 amide bonds. The second kappa shape index (κ2) is 5.45. The van der Waals surface area contributed by atoms with Gasteiger partial charge < -0.3 is 10.6 Å². The number of nitrogens with zero attached hydrogens (tertiary/aromatic N) is 3. The fraction of sp³-hybridized carbons (Fsp3) is 0.692. The Bertz CT molecular complexity index is 364. The minimum atomic E-state index is 0.275. The predicted molar refractivity (Wildman–Crippen MR) is 70.0 cm³/mol. The molecule has 0 aliphatic carbocycles. The van der Waals surface area contributed by atoms with Gasteiger partial charge in [0.25, 0.3) is 0 Å². The van der Waals surface area contributed by atoms with Crippen LogP contribution < -0.4 is 10.6 Å². The zero-order valence-corrected chi connectivity index (χ0v) is 10.8. The topological polar surface area (TPSA) is 55.0 Å². The molecule has 17 heavy (non-hydrogen) atoms. The number of hydrogen-bond acceptors (Lipinski definition) is 4. The van der Waals surface area contributed by atoms with Gasteiger partial charge in [-0.15, -0.1) is 0 Å². The molecule has 4 heteroatoms. The third-order valence-corrected chi connectivity index (χ3v) is 3.51. The van der Waals surface area contributed by atoms with E-state index < -0.39 is 0 Å². The van der Waals surface area contributed by atoms with Crippen LogP contribution in [0.25, 0.3) is 0 Å². The normalized spacial score (nSPS) is 21.8. The number of anilines is 1. The Hall–Kier alpha value is -1.16. The summed E-state index contributed by atoms with van der Waals surface area (Å²) in [6.07, 6.45) is 5.00. The standard InChI is InChI=1S/C13H22N4/c1-3-4-12-7-13(16-9-15-12)17-6-5-11(8-17)10(2)14/h7,9-11H,3-6,8,14H2,1-2H3. The van der Waals surface area contributed by atoms with Crippen LogP contribution in [0, 0.1) is 5.92 Å². The van der Waals surface area contributed by atoms with E-state index in [2.05, 4.69) is 34.8 Å². The van der Waals surface area contributed by atoms with E-state index in [-0.39, 0.29) is 6.04 Å². The van der Waals surface area contributed by atoms with Gasteiger partial charge in [-0.25, -0.2) is 9.97 Å². The summed E-state index contributed by atoms with van der Waals surface area (Å²) in [5.41, 5.74) is 7.10. The Balaban J connectivity index is 2.05. The number of nitrogens with two attached hydrogens (primary N) is 1. The lowest BCUT2D eigenvalue weighted by molar-refractivity contribution is 0.488.